The molecule has 0 heterocycles. The van der Waals surface area contributed by atoms with Crippen LogP contribution in [0.5, 0.6) is 0 Å². The normalized spacial score (nSPS) is 2.97. The van der Waals surface area contributed by atoms with E-state index in [2.05, 4.69) is 0 Å². The standard InChI is InChI=1S/46F2.FH/c46*1-2;/h;;;;;;;;;;;;;;;;;;;;;;;;;;;;;;;;;;;;;;;;;;;;;;1H. The average molecular weight is 1770 g/mol. The van der Waals surface area contributed by atoms with Gasteiger partial charge in [-0.15, -0.1) is 0 Å². The molecule has 0 spiro atoms. The molecule has 0 N–H and O–H groups in total. The SMILES string of the molecule is F.FF.FF.FF.FF.FF.FF.FF.FF.FF.FF.FF.FF.FF.FF.FF.FF.FF.FF.FF.FF.FF.FF.FF.FF.FF.FF.FF.FF.FF.FF.FF.FF.FF.FF.FF.FF.FF.FF.FF.FF.FF.FF.FF.FF.FF.FF. The molecule has 0 nitrogen and oxygen atoms in total. The molecule has 0 aliphatic carbocycles. The fraction of sp³-hybridized carbons (Fsp3) is 0. The lowest BCUT2D eigenvalue weighted by molar-refractivity contribution is 0.108. The molecule has 0 aliphatic heterocycles. The molecule has 0 rings (SSSR count). The van der Waals surface area contributed by atoms with Gasteiger partial charge in [-0.2, -0.15) is 0 Å². The Morgan fingerprint density at radius 2 is 0.0323 bits per heavy atom. The largest absolute Gasteiger partial charge is 0.269 e. The molecule has 0 saturated carbocycles. The fourth-order valence-electron chi connectivity index (χ4n) is 0. The molecule has 93 heavy (non-hydrogen) atoms. The summed E-state index contributed by atoms with van der Waals surface area (Å²) in [5.74, 6) is 0. The van der Waals surface area contributed by atoms with Crippen molar-refractivity contribution in [2.24, 2.45) is 0 Å². The lowest BCUT2D eigenvalue weighted by Crippen LogP contribution is -0.580. The first-order chi connectivity index (χ1) is 46.0. The van der Waals surface area contributed by atoms with Crippen LogP contribution in [-0.4, -0.2) is 0 Å². The van der Waals surface area contributed by atoms with Crippen LogP contribution in [0.2, 0.25) is 0 Å². The van der Waals surface area contributed by atoms with E-state index in [0.717, 1.165) is 0 Å². The Hall–Kier alpha value is -6.51. The van der Waals surface area contributed by atoms with E-state index >= 15 is 0 Å². The lowest BCUT2D eigenvalue weighted by Gasteiger charge is -1.00. The van der Waals surface area contributed by atoms with Gasteiger partial charge in [0.05, 0.1) is 0 Å². The zero-order valence-electron chi connectivity index (χ0n) is 35.2. The van der Waals surface area contributed by atoms with E-state index in [9.17, 15) is 0 Å². The number of rotatable bonds is 0. The molecule has 0 saturated heterocycles. The highest BCUT2D eigenvalue weighted by Crippen LogP contribution is 1.51. The van der Waals surface area contributed by atoms with Crippen LogP contribution >= 0.6 is 0 Å². The summed E-state index contributed by atoms with van der Waals surface area (Å²) in [6.07, 6.45) is 0. The second-order valence-electron chi connectivity index (χ2n) is 0. The minimum absolute atomic E-state index is 0. The van der Waals surface area contributed by atoms with E-state index < -0.39 is 0 Å². The predicted octanol–water partition coefficient (Wildman–Crippen LogP) is 38.8. The molecule has 0 atom stereocenters. The van der Waals surface area contributed by atoms with Crippen molar-refractivity contribution < 1.29 is 426 Å². The van der Waals surface area contributed by atoms with Crippen LogP contribution < -0.4 is 0 Å². The van der Waals surface area contributed by atoms with E-state index in [1.54, 1.807) is 0 Å². The molecule has 0 fully saturated rings. The Balaban J connectivity index is -0.00000000517. The zero-order chi connectivity index (χ0) is 92.0. The number of hydrogen-bond donors (Lipinski definition) is 0. The summed E-state index contributed by atoms with van der Waals surface area (Å²) in [5.41, 5.74) is 0. The monoisotopic (exact) mass is 1770 g/mol. The first kappa shape index (κ1) is 405. The Labute approximate surface area is 429 Å². The van der Waals surface area contributed by atoms with Crippen molar-refractivity contribution in [1.82, 2.24) is 0 Å². The Morgan fingerprint density at radius 3 is 0.0323 bits per heavy atom. The van der Waals surface area contributed by atoms with Crippen LogP contribution in [-0.2, 0) is 0 Å². The van der Waals surface area contributed by atoms with Crippen LogP contribution in [0.3, 0.4) is 0 Å². The summed E-state index contributed by atoms with van der Waals surface area (Å²) < 4.78 is 736. The van der Waals surface area contributed by atoms with Crippen LogP contribution in [0.1, 0.15) is 0 Å². The van der Waals surface area contributed by atoms with Crippen molar-refractivity contribution in [2.45, 2.75) is 0 Å². The summed E-state index contributed by atoms with van der Waals surface area (Å²) in [4.78, 5) is 0. The number of hydrogen-bond acceptors (Lipinski definition) is 0. The maximum absolute atomic E-state index is 8.00. The topological polar surface area (TPSA) is 0 Å². The first-order valence-electron chi connectivity index (χ1n) is 6.57. The van der Waals surface area contributed by atoms with E-state index in [0.29, 0.717) is 0 Å². The van der Waals surface area contributed by atoms with Crippen molar-refractivity contribution in [3.63, 3.8) is 0 Å². The minimum Gasteiger partial charge on any atom is -0.269 e. The highest BCUT2D eigenvalue weighted by atomic mass is 20.1. The van der Waals surface area contributed by atoms with E-state index in [1.165, 1.54) is 0 Å². The zero-order valence-corrected chi connectivity index (χ0v) is 35.2. The van der Waals surface area contributed by atoms with Gasteiger partial charge < -0.3 is 0 Å². The fourth-order valence-corrected chi connectivity index (χ4v) is 0. The molecule has 0 unspecified atom stereocenters. The highest BCUT2D eigenvalue weighted by Gasteiger charge is 1.09. The predicted molar refractivity (Wildman–Crippen MR) is 104 cm³/mol. The van der Waals surface area contributed by atoms with Gasteiger partial charge in [-0.05, 0) is 0 Å². The number of halogens is 93. The average Bonchev–Trinajstić information content (AvgIpc) is 3.81. The summed E-state index contributed by atoms with van der Waals surface area (Å²) >= 11 is 0. The smallest absolute Gasteiger partial charge is 0 e. The van der Waals surface area contributed by atoms with Gasteiger partial charge >= 0.3 is 0 Å². The van der Waals surface area contributed by atoms with Gasteiger partial charge in [0.25, 0.3) is 0 Å². The second kappa shape index (κ2) is 14400. The van der Waals surface area contributed by atoms with E-state index in [4.69, 9.17) is 421 Å². The summed E-state index contributed by atoms with van der Waals surface area (Å²) in [7, 11) is 0. The summed E-state index contributed by atoms with van der Waals surface area (Å²) in [6.45, 7) is 0. The van der Waals surface area contributed by atoms with Crippen molar-refractivity contribution in [2.75, 3.05) is 0 Å². The Bertz CT molecular complexity index is 0. The van der Waals surface area contributed by atoms with Crippen molar-refractivity contribution in [3.8, 4) is 0 Å². The minimum atomic E-state index is 0. The van der Waals surface area contributed by atoms with Crippen LogP contribution in [0.25, 0.3) is 0 Å². The Kier molecular flexibility index (Phi) is 62800. The molecular weight excluding hydrogens is 1770 g/mol. The molecule has 0 aromatic rings. The molecule has 652 valence electrons. The van der Waals surface area contributed by atoms with E-state index in [-0.39, 0.29) is 4.70 Å². The summed E-state index contributed by atoms with van der Waals surface area (Å²) in [6, 6.07) is 0. The molecule has 0 aromatic carbocycles. The van der Waals surface area contributed by atoms with Gasteiger partial charge in [0, 0.05) is 421 Å². The third kappa shape index (κ3) is 14100. The molecule has 93 heteroatoms. The maximum atomic E-state index is 8.00. The summed E-state index contributed by atoms with van der Waals surface area (Å²) in [5, 5.41) is 0. The van der Waals surface area contributed by atoms with Crippen LogP contribution in [0.15, 0.2) is 0 Å². The molecule has 0 aromatic heterocycles. The second-order valence-corrected chi connectivity index (χ2v) is 0. The van der Waals surface area contributed by atoms with Crippen molar-refractivity contribution in [3.05, 3.63) is 0 Å². The van der Waals surface area contributed by atoms with Crippen LogP contribution in [0.4, 0.5) is 426 Å². The van der Waals surface area contributed by atoms with Crippen molar-refractivity contribution >= 4 is 0 Å². The highest BCUT2D eigenvalue weighted by molar-refractivity contribution is 2.20. The third-order valence-electron chi connectivity index (χ3n) is 0. The van der Waals surface area contributed by atoms with Gasteiger partial charge in [0.15, 0.2) is 0 Å². The van der Waals surface area contributed by atoms with Gasteiger partial charge in [0.1, 0.15) is 0 Å². The van der Waals surface area contributed by atoms with Crippen molar-refractivity contribution in [1.29, 1.82) is 0 Å². The molecule has 0 aliphatic rings. The van der Waals surface area contributed by atoms with Gasteiger partial charge in [0.2, 0.25) is 0 Å². The van der Waals surface area contributed by atoms with Crippen LogP contribution in [0, 0.1) is 0 Å². The van der Waals surface area contributed by atoms with Gasteiger partial charge in [-0.25, -0.2) is 0 Å². The molecule has 0 radical (unpaired) electrons. The Morgan fingerprint density at radius 1 is 0.0323 bits per heavy atom. The first-order valence-corrected chi connectivity index (χ1v) is 6.57. The van der Waals surface area contributed by atoms with Gasteiger partial charge in [-0.3, -0.25) is 4.70 Å². The third-order valence-corrected chi connectivity index (χ3v) is 0. The molecular formula is HF93. The quantitative estimate of drug-likeness (QED) is 0.212. The van der Waals surface area contributed by atoms with E-state index in [1.807, 2.05) is 0 Å². The molecule has 0 amide bonds. The molecule has 0 bridgehead atoms. The lowest BCUT2D eigenvalue weighted by atomic mass is 18.0. The maximum Gasteiger partial charge on any atom is 0 e. The van der Waals surface area contributed by atoms with Gasteiger partial charge in [-0.1, -0.05) is 0 Å².